The van der Waals surface area contributed by atoms with Gasteiger partial charge in [0.25, 0.3) is 0 Å². The minimum atomic E-state index is 0.708. The van der Waals surface area contributed by atoms with Gasteiger partial charge < -0.3 is 5.32 Å². The van der Waals surface area contributed by atoms with Gasteiger partial charge in [-0.05, 0) is 37.4 Å². The summed E-state index contributed by atoms with van der Waals surface area (Å²) >= 11 is 1.74. The van der Waals surface area contributed by atoms with E-state index in [-0.39, 0.29) is 0 Å². The number of nitrogens with zero attached hydrogens (tertiary/aromatic N) is 2. The monoisotopic (exact) mass is 259 g/mol. The molecule has 0 amide bonds. The molecule has 1 aromatic heterocycles. The van der Waals surface area contributed by atoms with Crippen LogP contribution in [0.1, 0.15) is 5.69 Å². The van der Waals surface area contributed by atoms with Gasteiger partial charge in [-0.3, -0.25) is 4.57 Å². The number of aromatic nitrogens is 2. The smallest absolute Gasteiger partial charge is 0.207 e. The van der Waals surface area contributed by atoms with Crippen LogP contribution in [-0.2, 0) is 0 Å². The highest BCUT2D eigenvalue weighted by Crippen LogP contribution is 2.20. The molecule has 0 fully saturated rings. The summed E-state index contributed by atoms with van der Waals surface area (Å²) in [5.74, 6) is 0.851. The fourth-order valence-electron chi connectivity index (χ4n) is 1.73. The lowest BCUT2D eigenvalue weighted by molar-refractivity contribution is 1.04. The highest BCUT2D eigenvalue weighted by Gasteiger charge is 2.06. The zero-order valence-corrected chi connectivity index (χ0v) is 11.5. The van der Waals surface area contributed by atoms with Crippen molar-refractivity contribution in [1.29, 1.82) is 0 Å². The molecule has 0 bridgehead atoms. The Hall–Kier alpha value is -1.68. The molecule has 0 aliphatic heterocycles. The Kier molecular flexibility index (Phi) is 4.10. The van der Waals surface area contributed by atoms with E-state index in [1.54, 1.807) is 11.8 Å². The molecular weight excluding hydrogens is 242 g/mol. The lowest BCUT2D eigenvalue weighted by Gasteiger charge is -2.08. The first-order chi connectivity index (χ1) is 8.74. The zero-order chi connectivity index (χ0) is 13.0. The number of hydrogen-bond donors (Lipinski definition) is 1. The van der Waals surface area contributed by atoms with E-state index in [4.69, 9.17) is 0 Å². The van der Waals surface area contributed by atoms with E-state index >= 15 is 0 Å². The Morgan fingerprint density at radius 2 is 2.11 bits per heavy atom. The van der Waals surface area contributed by atoms with Crippen molar-refractivity contribution in [3.63, 3.8) is 0 Å². The molecule has 2 rings (SSSR count). The molecule has 3 nitrogen and oxygen atoms in total. The third kappa shape index (κ3) is 2.76. The molecule has 1 aromatic carbocycles. The van der Waals surface area contributed by atoms with E-state index in [9.17, 15) is 0 Å². The second-order valence-corrected chi connectivity index (χ2v) is 4.82. The lowest BCUT2D eigenvalue weighted by atomic mass is 10.3. The largest absolute Gasteiger partial charge is 0.352 e. The summed E-state index contributed by atoms with van der Waals surface area (Å²) in [4.78, 5) is 5.73. The van der Waals surface area contributed by atoms with Crippen molar-refractivity contribution in [2.45, 2.75) is 11.8 Å². The van der Waals surface area contributed by atoms with Gasteiger partial charge in [0.1, 0.15) is 0 Å². The SMILES string of the molecule is C=CCNc1nc(C)cn1-c1ccc(SC)cc1. The van der Waals surface area contributed by atoms with Crippen molar-refractivity contribution in [2.75, 3.05) is 18.1 Å². The quantitative estimate of drug-likeness (QED) is 0.658. The van der Waals surface area contributed by atoms with Gasteiger partial charge in [-0.2, -0.15) is 0 Å². The normalized spacial score (nSPS) is 10.3. The molecule has 1 N–H and O–H groups in total. The average Bonchev–Trinajstić information content (AvgIpc) is 2.77. The first-order valence-electron chi connectivity index (χ1n) is 5.80. The molecule has 0 saturated carbocycles. The number of hydrogen-bond acceptors (Lipinski definition) is 3. The number of aryl methyl sites for hydroxylation is 1. The first kappa shape index (κ1) is 12.8. The molecule has 94 valence electrons. The van der Waals surface area contributed by atoms with Crippen LogP contribution < -0.4 is 5.32 Å². The standard InChI is InChI=1S/C14H17N3S/c1-4-9-15-14-16-11(2)10-17(14)12-5-7-13(18-3)8-6-12/h4-8,10H,1,9H2,2-3H3,(H,15,16). The van der Waals surface area contributed by atoms with Crippen LogP contribution >= 0.6 is 11.8 Å². The number of benzene rings is 1. The molecule has 1 heterocycles. The van der Waals surface area contributed by atoms with E-state index in [1.165, 1.54) is 4.90 Å². The fraction of sp³-hybridized carbons (Fsp3) is 0.214. The number of nitrogens with one attached hydrogen (secondary N) is 1. The lowest BCUT2D eigenvalue weighted by Crippen LogP contribution is -2.05. The summed E-state index contributed by atoms with van der Waals surface area (Å²) < 4.78 is 2.06. The van der Waals surface area contributed by atoms with Crippen LogP contribution in [0.15, 0.2) is 48.0 Å². The number of thioether (sulfide) groups is 1. The van der Waals surface area contributed by atoms with Gasteiger partial charge in [0.05, 0.1) is 5.69 Å². The van der Waals surface area contributed by atoms with Crippen molar-refractivity contribution < 1.29 is 0 Å². The van der Waals surface area contributed by atoms with Gasteiger partial charge >= 0.3 is 0 Å². The molecule has 0 saturated heterocycles. The molecule has 2 aromatic rings. The van der Waals surface area contributed by atoms with Crippen molar-refractivity contribution in [2.24, 2.45) is 0 Å². The maximum Gasteiger partial charge on any atom is 0.207 e. The summed E-state index contributed by atoms with van der Waals surface area (Å²) in [5, 5.41) is 3.24. The maximum absolute atomic E-state index is 4.47. The van der Waals surface area contributed by atoms with Crippen molar-refractivity contribution in [3.8, 4) is 5.69 Å². The van der Waals surface area contributed by atoms with Crippen LogP contribution in [0, 0.1) is 6.92 Å². The minimum Gasteiger partial charge on any atom is -0.352 e. The maximum atomic E-state index is 4.47. The average molecular weight is 259 g/mol. The molecule has 0 spiro atoms. The minimum absolute atomic E-state index is 0.708. The van der Waals surface area contributed by atoms with E-state index in [0.717, 1.165) is 17.3 Å². The molecule has 18 heavy (non-hydrogen) atoms. The van der Waals surface area contributed by atoms with Crippen LogP contribution in [0.3, 0.4) is 0 Å². The van der Waals surface area contributed by atoms with Crippen LogP contribution in [0.5, 0.6) is 0 Å². The fourth-order valence-corrected chi connectivity index (χ4v) is 2.13. The zero-order valence-electron chi connectivity index (χ0n) is 10.7. The molecular formula is C14H17N3S. The van der Waals surface area contributed by atoms with Crippen molar-refractivity contribution >= 4 is 17.7 Å². The number of anilines is 1. The summed E-state index contributed by atoms with van der Waals surface area (Å²) in [6, 6.07) is 8.44. The Morgan fingerprint density at radius 3 is 2.72 bits per heavy atom. The second kappa shape index (κ2) is 5.78. The summed E-state index contributed by atoms with van der Waals surface area (Å²) in [5.41, 5.74) is 2.11. The summed E-state index contributed by atoms with van der Waals surface area (Å²) in [6.45, 7) is 6.40. The molecule has 0 radical (unpaired) electrons. The second-order valence-electron chi connectivity index (χ2n) is 3.94. The van der Waals surface area contributed by atoms with Crippen LogP contribution in [-0.4, -0.2) is 22.4 Å². The summed E-state index contributed by atoms with van der Waals surface area (Å²) in [7, 11) is 0. The molecule has 0 aliphatic rings. The third-order valence-electron chi connectivity index (χ3n) is 2.58. The first-order valence-corrected chi connectivity index (χ1v) is 7.02. The Balaban J connectivity index is 2.32. The third-order valence-corrected chi connectivity index (χ3v) is 3.33. The number of imidazole rings is 1. The van der Waals surface area contributed by atoms with Crippen LogP contribution in [0.4, 0.5) is 5.95 Å². The van der Waals surface area contributed by atoms with Crippen molar-refractivity contribution in [1.82, 2.24) is 9.55 Å². The van der Waals surface area contributed by atoms with E-state index in [1.807, 2.05) is 19.2 Å². The Morgan fingerprint density at radius 1 is 1.39 bits per heavy atom. The van der Waals surface area contributed by atoms with E-state index in [0.29, 0.717) is 6.54 Å². The Labute approximate surface area is 112 Å². The predicted octanol–water partition coefficient (Wildman–Crippen LogP) is 3.50. The van der Waals surface area contributed by atoms with Crippen LogP contribution in [0.2, 0.25) is 0 Å². The predicted molar refractivity (Wildman–Crippen MR) is 78.8 cm³/mol. The molecule has 4 heteroatoms. The summed E-state index contributed by atoms with van der Waals surface area (Å²) in [6.07, 6.45) is 5.93. The van der Waals surface area contributed by atoms with Gasteiger partial charge in [0.15, 0.2) is 0 Å². The van der Waals surface area contributed by atoms with E-state index < -0.39 is 0 Å². The Bertz CT molecular complexity index is 528. The molecule has 0 atom stereocenters. The van der Waals surface area contributed by atoms with Gasteiger partial charge in [-0.25, -0.2) is 4.98 Å². The van der Waals surface area contributed by atoms with Gasteiger partial charge in [-0.15, -0.1) is 18.3 Å². The highest BCUT2D eigenvalue weighted by atomic mass is 32.2. The topological polar surface area (TPSA) is 29.9 Å². The molecule has 0 unspecified atom stereocenters. The van der Waals surface area contributed by atoms with Gasteiger partial charge in [0, 0.05) is 23.3 Å². The van der Waals surface area contributed by atoms with E-state index in [2.05, 4.69) is 52.0 Å². The van der Waals surface area contributed by atoms with Crippen molar-refractivity contribution in [3.05, 3.63) is 48.8 Å². The highest BCUT2D eigenvalue weighted by molar-refractivity contribution is 7.98. The number of rotatable bonds is 5. The molecule has 0 aliphatic carbocycles. The van der Waals surface area contributed by atoms with Crippen LogP contribution in [0.25, 0.3) is 5.69 Å². The van der Waals surface area contributed by atoms with Gasteiger partial charge in [0.2, 0.25) is 5.95 Å². The van der Waals surface area contributed by atoms with Gasteiger partial charge in [-0.1, -0.05) is 6.08 Å².